The molecule has 1 heterocycles. The van der Waals surface area contributed by atoms with E-state index < -0.39 is 0 Å². The van der Waals surface area contributed by atoms with Crippen molar-refractivity contribution in [2.75, 3.05) is 0 Å². The van der Waals surface area contributed by atoms with Gasteiger partial charge in [-0.05, 0) is 36.1 Å². The number of aromatic nitrogens is 1. The first-order chi connectivity index (χ1) is 9.66. The number of rotatable bonds is 2. The highest BCUT2D eigenvalue weighted by Crippen LogP contribution is 2.25. The molecule has 0 aliphatic rings. The van der Waals surface area contributed by atoms with E-state index in [9.17, 15) is 4.79 Å². The molecule has 0 amide bonds. The fraction of sp³-hybridized carbons (Fsp3) is 0.0588. The van der Waals surface area contributed by atoms with E-state index in [2.05, 4.69) is 4.98 Å². The zero-order valence-electron chi connectivity index (χ0n) is 10.9. The Labute approximate surface area is 122 Å². The summed E-state index contributed by atoms with van der Waals surface area (Å²) in [6.07, 6.45) is 3.44. The molecule has 2 nitrogen and oxygen atoms in total. The lowest BCUT2D eigenvalue weighted by atomic mass is 9.97. The number of hydrogen-bond acceptors (Lipinski definition) is 2. The van der Waals surface area contributed by atoms with Gasteiger partial charge in [0.2, 0.25) is 0 Å². The minimum Gasteiger partial charge on any atom is -0.289 e. The van der Waals surface area contributed by atoms with Crippen molar-refractivity contribution in [1.82, 2.24) is 4.98 Å². The highest BCUT2D eigenvalue weighted by molar-refractivity contribution is 6.35. The minimum absolute atomic E-state index is 0.0631. The molecule has 0 radical (unpaired) electrons. The first kappa shape index (κ1) is 12.8. The summed E-state index contributed by atoms with van der Waals surface area (Å²) < 4.78 is 0. The first-order valence-electron chi connectivity index (χ1n) is 6.30. The van der Waals surface area contributed by atoms with Crippen LogP contribution in [0.15, 0.2) is 54.9 Å². The van der Waals surface area contributed by atoms with Crippen LogP contribution in [0.3, 0.4) is 0 Å². The third kappa shape index (κ3) is 2.19. The molecular weight excluding hydrogens is 270 g/mol. The normalized spacial score (nSPS) is 10.7. The van der Waals surface area contributed by atoms with Crippen molar-refractivity contribution in [3.05, 3.63) is 76.6 Å². The maximum absolute atomic E-state index is 12.7. The van der Waals surface area contributed by atoms with Gasteiger partial charge in [0, 0.05) is 28.9 Å². The van der Waals surface area contributed by atoms with Crippen LogP contribution in [0.4, 0.5) is 0 Å². The van der Waals surface area contributed by atoms with Crippen molar-refractivity contribution < 1.29 is 4.79 Å². The molecule has 0 N–H and O–H groups in total. The molecule has 0 spiro atoms. The Morgan fingerprint density at radius 2 is 1.95 bits per heavy atom. The van der Waals surface area contributed by atoms with Crippen molar-refractivity contribution >= 4 is 28.2 Å². The molecule has 3 aromatic rings. The number of halogens is 1. The minimum atomic E-state index is -0.0631. The van der Waals surface area contributed by atoms with E-state index in [0.29, 0.717) is 16.1 Å². The summed E-state index contributed by atoms with van der Waals surface area (Å²) in [5.74, 6) is -0.0631. The van der Waals surface area contributed by atoms with Crippen molar-refractivity contribution in [3.8, 4) is 0 Å². The third-order valence-corrected chi connectivity index (χ3v) is 3.61. The SMILES string of the molecule is Cc1ccc(C(=O)c2cccc3cnccc23)c(Cl)c1. The fourth-order valence-electron chi connectivity index (χ4n) is 2.27. The Morgan fingerprint density at radius 1 is 1.10 bits per heavy atom. The van der Waals surface area contributed by atoms with Crippen LogP contribution in [0.2, 0.25) is 5.02 Å². The van der Waals surface area contributed by atoms with Gasteiger partial charge in [0.25, 0.3) is 0 Å². The summed E-state index contributed by atoms with van der Waals surface area (Å²) in [4.78, 5) is 16.8. The predicted octanol–water partition coefficient (Wildman–Crippen LogP) is 4.43. The molecule has 0 fully saturated rings. The summed E-state index contributed by atoms with van der Waals surface area (Å²) in [5, 5.41) is 2.33. The summed E-state index contributed by atoms with van der Waals surface area (Å²) in [6, 6.07) is 13.0. The van der Waals surface area contributed by atoms with Gasteiger partial charge in [0.1, 0.15) is 0 Å². The van der Waals surface area contributed by atoms with Crippen LogP contribution in [-0.4, -0.2) is 10.8 Å². The Bertz CT molecular complexity index is 806. The second-order valence-electron chi connectivity index (χ2n) is 4.71. The average molecular weight is 282 g/mol. The van der Waals surface area contributed by atoms with Gasteiger partial charge in [0.05, 0.1) is 5.02 Å². The second kappa shape index (κ2) is 5.06. The van der Waals surface area contributed by atoms with Gasteiger partial charge in [-0.25, -0.2) is 0 Å². The van der Waals surface area contributed by atoms with E-state index in [4.69, 9.17) is 11.6 Å². The lowest BCUT2D eigenvalue weighted by Gasteiger charge is -2.07. The summed E-state index contributed by atoms with van der Waals surface area (Å²) in [6.45, 7) is 1.95. The highest BCUT2D eigenvalue weighted by Gasteiger charge is 2.15. The summed E-state index contributed by atoms with van der Waals surface area (Å²) in [5.41, 5.74) is 2.21. The predicted molar refractivity (Wildman–Crippen MR) is 81.4 cm³/mol. The zero-order valence-corrected chi connectivity index (χ0v) is 11.7. The van der Waals surface area contributed by atoms with Crippen LogP contribution in [0.5, 0.6) is 0 Å². The third-order valence-electron chi connectivity index (χ3n) is 3.29. The molecule has 3 rings (SSSR count). The number of ketones is 1. The van der Waals surface area contributed by atoms with Crippen molar-refractivity contribution in [2.45, 2.75) is 6.92 Å². The van der Waals surface area contributed by atoms with E-state index in [-0.39, 0.29) is 5.78 Å². The molecule has 0 saturated carbocycles. The molecule has 0 unspecified atom stereocenters. The Balaban J connectivity index is 2.18. The van der Waals surface area contributed by atoms with Crippen LogP contribution in [0, 0.1) is 6.92 Å². The molecule has 0 bridgehead atoms. The van der Waals surface area contributed by atoms with Gasteiger partial charge in [-0.2, -0.15) is 0 Å². The average Bonchev–Trinajstić information content (AvgIpc) is 2.46. The van der Waals surface area contributed by atoms with Gasteiger partial charge >= 0.3 is 0 Å². The number of carbonyl (C=O) groups excluding carboxylic acids is 1. The second-order valence-corrected chi connectivity index (χ2v) is 5.12. The van der Waals surface area contributed by atoms with E-state index in [0.717, 1.165) is 16.3 Å². The van der Waals surface area contributed by atoms with Crippen LogP contribution in [0.1, 0.15) is 21.5 Å². The van der Waals surface area contributed by atoms with E-state index >= 15 is 0 Å². The molecule has 0 atom stereocenters. The molecule has 0 saturated heterocycles. The van der Waals surface area contributed by atoms with Gasteiger partial charge in [-0.15, -0.1) is 0 Å². The zero-order chi connectivity index (χ0) is 14.1. The molecule has 20 heavy (non-hydrogen) atoms. The van der Waals surface area contributed by atoms with Crippen LogP contribution in [0.25, 0.3) is 10.8 Å². The number of pyridine rings is 1. The molecule has 0 aliphatic carbocycles. The fourth-order valence-corrected chi connectivity index (χ4v) is 2.59. The first-order valence-corrected chi connectivity index (χ1v) is 6.68. The smallest absolute Gasteiger partial charge is 0.195 e. The topological polar surface area (TPSA) is 30.0 Å². The number of nitrogens with zero attached hydrogens (tertiary/aromatic N) is 1. The number of fused-ring (bicyclic) bond motifs is 1. The van der Waals surface area contributed by atoms with Crippen molar-refractivity contribution in [2.24, 2.45) is 0 Å². The van der Waals surface area contributed by atoms with Crippen LogP contribution in [-0.2, 0) is 0 Å². The van der Waals surface area contributed by atoms with Gasteiger partial charge in [-0.3, -0.25) is 9.78 Å². The molecule has 1 aromatic heterocycles. The summed E-state index contributed by atoms with van der Waals surface area (Å²) >= 11 is 6.19. The maximum Gasteiger partial charge on any atom is 0.195 e. The molecule has 3 heteroatoms. The van der Waals surface area contributed by atoms with Crippen molar-refractivity contribution in [1.29, 1.82) is 0 Å². The van der Waals surface area contributed by atoms with E-state index in [1.807, 2.05) is 43.3 Å². The Kier molecular flexibility index (Phi) is 3.25. The molecule has 2 aromatic carbocycles. The van der Waals surface area contributed by atoms with Gasteiger partial charge in [0.15, 0.2) is 5.78 Å². The lowest BCUT2D eigenvalue weighted by Crippen LogP contribution is -2.03. The van der Waals surface area contributed by atoms with Crippen molar-refractivity contribution in [3.63, 3.8) is 0 Å². The highest BCUT2D eigenvalue weighted by atomic mass is 35.5. The number of aryl methyl sites for hydroxylation is 1. The summed E-state index contributed by atoms with van der Waals surface area (Å²) in [7, 11) is 0. The van der Waals surface area contributed by atoms with Crippen LogP contribution >= 0.6 is 11.6 Å². The Hall–Kier alpha value is -2.19. The maximum atomic E-state index is 12.7. The van der Waals surface area contributed by atoms with E-state index in [1.54, 1.807) is 18.5 Å². The molecule has 98 valence electrons. The number of carbonyl (C=O) groups is 1. The largest absolute Gasteiger partial charge is 0.289 e. The molecule has 0 aliphatic heterocycles. The lowest BCUT2D eigenvalue weighted by molar-refractivity contribution is 0.104. The monoisotopic (exact) mass is 281 g/mol. The number of hydrogen-bond donors (Lipinski definition) is 0. The van der Waals surface area contributed by atoms with Gasteiger partial charge < -0.3 is 0 Å². The standard InChI is InChI=1S/C17H12ClNO/c1-11-5-6-15(16(18)9-11)17(20)14-4-2-3-12-10-19-8-7-13(12)14/h2-10H,1H3. The molecular formula is C17H12ClNO. The van der Waals surface area contributed by atoms with Crippen LogP contribution < -0.4 is 0 Å². The van der Waals surface area contributed by atoms with E-state index in [1.165, 1.54) is 0 Å². The van der Waals surface area contributed by atoms with Gasteiger partial charge in [-0.1, -0.05) is 35.9 Å². The quantitative estimate of drug-likeness (QED) is 0.651. The number of benzene rings is 2. The Morgan fingerprint density at radius 3 is 2.75 bits per heavy atom.